The van der Waals surface area contributed by atoms with Gasteiger partial charge in [0.25, 0.3) is 0 Å². The number of rotatable bonds is 8. The molecular weight excluding hydrogens is 549 g/mol. The number of fused-ring (bicyclic) bond motifs is 1. The van der Waals surface area contributed by atoms with Crippen molar-refractivity contribution in [3.05, 3.63) is 83.4 Å². The topological polar surface area (TPSA) is 134 Å². The summed E-state index contributed by atoms with van der Waals surface area (Å²) in [6, 6.07) is 17.7. The number of carbonyl (C=O) groups excluding carboxylic acids is 1. The molecule has 0 aliphatic carbocycles. The average Bonchev–Trinajstić information content (AvgIpc) is 2.91. The second-order valence-corrected chi connectivity index (χ2v) is 9.52. The number of benzene rings is 3. The first-order valence-corrected chi connectivity index (χ1v) is 12.7. The highest BCUT2D eigenvalue weighted by Crippen LogP contribution is 2.21. The van der Waals surface area contributed by atoms with E-state index in [1.165, 1.54) is 6.07 Å². The molecule has 0 radical (unpaired) electrons. The van der Waals surface area contributed by atoms with Crippen LogP contribution in [0.3, 0.4) is 0 Å². The fraction of sp³-hybridized carbons (Fsp3) is 0.321. The molecule has 6 N–H and O–H groups in total. The van der Waals surface area contributed by atoms with Gasteiger partial charge in [0.2, 0.25) is 5.91 Å². The molecule has 3 aromatic carbocycles. The molecule has 41 heavy (non-hydrogen) atoms. The Morgan fingerprint density at radius 1 is 1.00 bits per heavy atom. The normalized spacial score (nSPS) is 17.1. The number of hydrogen-bond donors (Lipinski definition) is 4. The summed E-state index contributed by atoms with van der Waals surface area (Å²) in [5.41, 5.74) is 12.4. The number of halogens is 5. The van der Waals surface area contributed by atoms with Crippen LogP contribution in [0.5, 0.6) is 0 Å². The lowest BCUT2D eigenvalue weighted by Crippen LogP contribution is -2.60. The minimum Gasteiger partial charge on any atom is -0.475 e. The third kappa shape index (κ3) is 9.41. The number of piperazine rings is 1. The number of nitrogens with two attached hydrogens (primary N) is 2. The highest BCUT2D eigenvalue weighted by atomic mass is 19.4. The van der Waals surface area contributed by atoms with Crippen LogP contribution in [0, 0.1) is 11.6 Å². The number of nitrogens with zero attached hydrogens (tertiary/aromatic N) is 2. The Labute approximate surface area is 232 Å². The van der Waals surface area contributed by atoms with Crippen LogP contribution >= 0.6 is 0 Å². The number of nitrogens with one attached hydrogen (secondary N) is 1. The molecule has 1 heterocycles. The highest BCUT2D eigenvalue weighted by molar-refractivity contribution is 5.85. The lowest BCUT2D eigenvalue weighted by atomic mass is 9.96. The van der Waals surface area contributed by atoms with E-state index in [0.29, 0.717) is 25.1 Å². The minimum absolute atomic E-state index is 0.0302. The van der Waals surface area contributed by atoms with Gasteiger partial charge in [-0.2, -0.15) is 13.2 Å². The molecule has 8 nitrogen and oxygen atoms in total. The van der Waals surface area contributed by atoms with Gasteiger partial charge in [-0.15, -0.1) is 0 Å². The molecule has 3 aromatic rings. The number of aliphatic carboxylic acids is 1. The summed E-state index contributed by atoms with van der Waals surface area (Å²) >= 11 is 0. The lowest BCUT2D eigenvalue weighted by molar-refractivity contribution is -0.192. The Morgan fingerprint density at radius 3 is 2.29 bits per heavy atom. The number of carboxylic acids is 1. The summed E-state index contributed by atoms with van der Waals surface area (Å²) in [5, 5.41) is 12.9. The summed E-state index contributed by atoms with van der Waals surface area (Å²) in [6.07, 6.45) is -3.03. The summed E-state index contributed by atoms with van der Waals surface area (Å²) in [5.74, 6) is -4.57. The van der Waals surface area contributed by atoms with Crippen molar-refractivity contribution in [3.63, 3.8) is 0 Å². The van der Waals surface area contributed by atoms with E-state index in [2.05, 4.69) is 34.6 Å². The molecule has 4 rings (SSSR count). The Bertz CT molecular complexity index is 1400. The van der Waals surface area contributed by atoms with Gasteiger partial charge < -0.3 is 26.8 Å². The first-order valence-electron chi connectivity index (χ1n) is 12.7. The summed E-state index contributed by atoms with van der Waals surface area (Å²) < 4.78 is 58.8. The van der Waals surface area contributed by atoms with Gasteiger partial charge in [-0.3, -0.25) is 9.79 Å². The molecule has 1 saturated heterocycles. The van der Waals surface area contributed by atoms with Crippen LogP contribution in [-0.2, 0) is 22.6 Å². The fourth-order valence-corrected chi connectivity index (χ4v) is 4.45. The van der Waals surface area contributed by atoms with Crippen molar-refractivity contribution in [1.29, 1.82) is 0 Å². The summed E-state index contributed by atoms with van der Waals surface area (Å²) in [4.78, 5) is 28.0. The maximum Gasteiger partial charge on any atom is 0.490 e. The molecular formula is C28H30F5N5O3. The smallest absolute Gasteiger partial charge is 0.475 e. The van der Waals surface area contributed by atoms with Crippen LogP contribution in [0.1, 0.15) is 24.0 Å². The maximum atomic E-state index is 13.7. The molecule has 0 bridgehead atoms. The third-order valence-electron chi connectivity index (χ3n) is 6.35. The van der Waals surface area contributed by atoms with Crippen molar-refractivity contribution in [2.75, 3.05) is 13.1 Å². The number of amides is 1. The van der Waals surface area contributed by atoms with Crippen LogP contribution in [0.15, 0.2) is 65.7 Å². The van der Waals surface area contributed by atoms with Crippen LogP contribution < -0.4 is 16.8 Å². The van der Waals surface area contributed by atoms with E-state index in [0.717, 1.165) is 41.3 Å². The molecule has 0 saturated carbocycles. The predicted octanol–water partition coefficient (Wildman–Crippen LogP) is 3.72. The van der Waals surface area contributed by atoms with Crippen molar-refractivity contribution in [1.82, 2.24) is 10.2 Å². The van der Waals surface area contributed by atoms with Crippen molar-refractivity contribution in [3.8, 4) is 0 Å². The second kappa shape index (κ2) is 13.9. The molecule has 0 aromatic heterocycles. The quantitative estimate of drug-likeness (QED) is 0.139. The molecule has 220 valence electrons. The number of hydrogen-bond acceptors (Lipinski definition) is 4. The molecule has 1 amide bonds. The van der Waals surface area contributed by atoms with Gasteiger partial charge in [0.1, 0.15) is 0 Å². The zero-order valence-corrected chi connectivity index (χ0v) is 21.9. The first-order chi connectivity index (χ1) is 19.3. The zero-order chi connectivity index (χ0) is 30.2. The van der Waals surface area contributed by atoms with Crippen molar-refractivity contribution < 1.29 is 36.6 Å². The van der Waals surface area contributed by atoms with Crippen LogP contribution in [-0.4, -0.2) is 59.2 Å². The summed E-state index contributed by atoms with van der Waals surface area (Å²) in [6.45, 7) is 1.19. The van der Waals surface area contributed by atoms with E-state index in [-0.39, 0.29) is 24.5 Å². The molecule has 13 heteroatoms. The number of alkyl halides is 3. The molecule has 1 fully saturated rings. The van der Waals surface area contributed by atoms with Gasteiger partial charge in [-0.05, 0) is 53.3 Å². The lowest BCUT2D eigenvalue weighted by Gasteiger charge is -2.39. The SMILES string of the molecule is NC(N)=NCCC[C@@H]1CN(Cc2ccc(F)c(F)c2)C(=O)[C@@H](Cc2ccc3ccccc3c2)N1.O=C(O)C(F)(F)F. The van der Waals surface area contributed by atoms with Gasteiger partial charge in [-0.25, -0.2) is 13.6 Å². The van der Waals surface area contributed by atoms with E-state index >= 15 is 0 Å². The van der Waals surface area contributed by atoms with Gasteiger partial charge in [0.05, 0.1) is 6.04 Å². The Morgan fingerprint density at radius 2 is 1.66 bits per heavy atom. The van der Waals surface area contributed by atoms with Crippen molar-refractivity contribution in [2.24, 2.45) is 16.5 Å². The monoisotopic (exact) mass is 579 g/mol. The van der Waals surface area contributed by atoms with Gasteiger partial charge >= 0.3 is 12.1 Å². The molecule has 0 spiro atoms. The first kappa shape index (κ1) is 31.3. The van der Waals surface area contributed by atoms with Crippen molar-refractivity contribution in [2.45, 2.75) is 44.1 Å². The minimum atomic E-state index is -5.08. The van der Waals surface area contributed by atoms with Crippen LogP contribution in [0.4, 0.5) is 22.0 Å². The van der Waals surface area contributed by atoms with Gasteiger partial charge in [-0.1, -0.05) is 48.5 Å². The molecule has 1 aliphatic rings. The van der Waals surface area contributed by atoms with Crippen LogP contribution in [0.25, 0.3) is 10.8 Å². The highest BCUT2D eigenvalue weighted by Gasteiger charge is 2.38. The maximum absolute atomic E-state index is 13.7. The standard InChI is InChI=1S/C26H29F2N5O.C2HF3O2/c27-22-10-8-18(13-23(22)28)15-33-16-21(6-3-11-31-26(29)30)32-24(25(33)34)14-17-7-9-19-4-1-2-5-20(19)12-17;3-2(4,5)1(6)7/h1-2,4-5,7-10,12-13,21,24,32H,3,6,11,14-16H2,(H4,29,30,31);(H,6,7)/t21-,24-;/m1./s1. The Hall–Kier alpha value is -4.26. The predicted molar refractivity (Wildman–Crippen MR) is 144 cm³/mol. The number of aliphatic imine (C=N–C) groups is 1. The van der Waals surface area contributed by atoms with Gasteiger partial charge in [0.15, 0.2) is 17.6 Å². The third-order valence-corrected chi connectivity index (χ3v) is 6.35. The number of guanidine groups is 1. The summed E-state index contributed by atoms with van der Waals surface area (Å²) in [7, 11) is 0. The van der Waals surface area contributed by atoms with Gasteiger partial charge in [0, 0.05) is 25.7 Å². The molecule has 1 aliphatic heterocycles. The number of carbonyl (C=O) groups is 2. The fourth-order valence-electron chi connectivity index (χ4n) is 4.45. The Kier molecular flexibility index (Phi) is 10.6. The number of carboxylic acid groups (broad SMARTS) is 1. The van der Waals surface area contributed by atoms with Crippen LogP contribution in [0.2, 0.25) is 0 Å². The average molecular weight is 580 g/mol. The molecule has 2 atom stereocenters. The van der Waals surface area contributed by atoms with E-state index in [4.69, 9.17) is 21.4 Å². The van der Waals surface area contributed by atoms with E-state index < -0.39 is 29.8 Å². The zero-order valence-electron chi connectivity index (χ0n) is 21.9. The Balaban J connectivity index is 0.000000587. The van der Waals surface area contributed by atoms with E-state index in [1.807, 2.05) is 18.2 Å². The van der Waals surface area contributed by atoms with Crippen molar-refractivity contribution >= 4 is 28.6 Å². The second-order valence-electron chi connectivity index (χ2n) is 9.52. The van der Waals surface area contributed by atoms with E-state index in [1.54, 1.807) is 4.90 Å². The largest absolute Gasteiger partial charge is 0.490 e. The molecule has 0 unspecified atom stereocenters. The van der Waals surface area contributed by atoms with E-state index in [9.17, 15) is 26.7 Å².